The maximum Gasteiger partial charge on any atom is 0.147 e. The Bertz CT molecular complexity index is 920. The van der Waals surface area contributed by atoms with Crippen LogP contribution in [0.4, 0.5) is 5.82 Å². The van der Waals surface area contributed by atoms with Gasteiger partial charge in [-0.2, -0.15) is 0 Å². The summed E-state index contributed by atoms with van der Waals surface area (Å²) in [5.74, 6) is 2.55. The molecule has 3 aromatic rings. The molecular formula is C22H24N4O2. The maximum absolute atomic E-state index is 5.30. The lowest BCUT2D eigenvalue weighted by molar-refractivity contribution is 0.414. The number of nitrogens with one attached hydrogen (secondary N) is 1. The number of nitrogens with zero attached hydrogens (tertiary/aromatic N) is 3. The van der Waals surface area contributed by atoms with Crippen LogP contribution in [0, 0.1) is 0 Å². The molecule has 6 heteroatoms. The van der Waals surface area contributed by atoms with Crippen molar-refractivity contribution in [1.29, 1.82) is 0 Å². The summed E-state index contributed by atoms with van der Waals surface area (Å²) in [6.45, 7) is 3.77. The van der Waals surface area contributed by atoms with Gasteiger partial charge in [-0.25, -0.2) is 4.98 Å². The van der Waals surface area contributed by atoms with E-state index in [9.17, 15) is 0 Å². The number of anilines is 1. The molecule has 144 valence electrons. The number of hydrogen-bond acceptors (Lipinski definition) is 6. The molecule has 0 unspecified atom stereocenters. The first-order valence-corrected chi connectivity index (χ1v) is 9.40. The van der Waals surface area contributed by atoms with Crippen LogP contribution in [0.15, 0.2) is 54.7 Å². The minimum absolute atomic E-state index is 0.820. The Labute approximate surface area is 165 Å². The summed E-state index contributed by atoms with van der Waals surface area (Å²) in [7, 11) is 3.34. The highest BCUT2D eigenvalue weighted by Gasteiger charge is 2.17. The molecule has 2 heterocycles. The van der Waals surface area contributed by atoms with E-state index in [1.54, 1.807) is 14.2 Å². The summed E-state index contributed by atoms with van der Waals surface area (Å²) in [6.07, 6.45) is 1.87. The fraction of sp³-hybridized carbons (Fsp3) is 0.273. The van der Waals surface area contributed by atoms with Crippen molar-refractivity contribution in [2.24, 2.45) is 0 Å². The lowest BCUT2D eigenvalue weighted by Gasteiger charge is -2.28. The molecule has 0 saturated carbocycles. The van der Waals surface area contributed by atoms with Crippen LogP contribution in [0.3, 0.4) is 0 Å². The lowest BCUT2D eigenvalue weighted by atomic mass is 10.0. The van der Waals surface area contributed by atoms with Crippen LogP contribution in [0.2, 0.25) is 0 Å². The van der Waals surface area contributed by atoms with Crippen LogP contribution >= 0.6 is 0 Å². The van der Waals surface area contributed by atoms with Gasteiger partial charge in [-0.05, 0) is 48.5 Å². The average molecular weight is 376 g/mol. The summed E-state index contributed by atoms with van der Waals surface area (Å²) in [5.41, 5.74) is 3.73. The number of piperazine rings is 1. The predicted molar refractivity (Wildman–Crippen MR) is 111 cm³/mol. The van der Waals surface area contributed by atoms with Crippen LogP contribution in [0.5, 0.6) is 11.5 Å². The second-order valence-corrected chi connectivity index (χ2v) is 6.62. The fourth-order valence-corrected chi connectivity index (χ4v) is 3.34. The third kappa shape index (κ3) is 3.77. The highest BCUT2D eigenvalue weighted by atomic mass is 16.5. The van der Waals surface area contributed by atoms with Gasteiger partial charge in [0.15, 0.2) is 0 Å². The van der Waals surface area contributed by atoms with Gasteiger partial charge in [-0.1, -0.05) is 0 Å². The van der Waals surface area contributed by atoms with Gasteiger partial charge in [-0.15, -0.1) is 0 Å². The van der Waals surface area contributed by atoms with E-state index in [1.807, 2.05) is 54.7 Å². The van der Waals surface area contributed by atoms with Gasteiger partial charge >= 0.3 is 0 Å². The molecule has 1 fully saturated rings. The monoisotopic (exact) mass is 376 g/mol. The van der Waals surface area contributed by atoms with E-state index >= 15 is 0 Å². The summed E-state index contributed by atoms with van der Waals surface area (Å²) in [5, 5.41) is 3.38. The second kappa shape index (κ2) is 8.27. The van der Waals surface area contributed by atoms with Crippen LogP contribution in [-0.4, -0.2) is 50.4 Å². The molecule has 1 aromatic heterocycles. The highest BCUT2D eigenvalue weighted by molar-refractivity contribution is 5.79. The van der Waals surface area contributed by atoms with Crippen molar-refractivity contribution in [3.05, 3.63) is 54.7 Å². The molecule has 0 amide bonds. The molecule has 0 spiro atoms. The fourth-order valence-electron chi connectivity index (χ4n) is 3.34. The van der Waals surface area contributed by atoms with Crippen LogP contribution in [-0.2, 0) is 0 Å². The number of hydrogen-bond donors (Lipinski definition) is 1. The Morgan fingerprint density at radius 2 is 1.32 bits per heavy atom. The molecule has 0 atom stereocenters. The average Bonchev–Trinajstić information content (AvgIpc) is 2.79. The summed E-state index contributed by atoms with van der Waals surface area (Å²) in [6, 6.07) is 15.9. The molecule has 0 radical (unpaired) electrons. The standard InChI is InChI=1S/C22H24N4O2/c1-27-18-7-3-16(4-8-18)21-22(17-5-9-19(28-2)10-6-17)25-20(15-24-21)26-13-11-23-12-14-26/h3-10,15,23H,11-14H2,1-2H3. The van der Waals surface area contributed by atoms with Gasteiger partial charge in [0.25, 0.3) is 0 Å². The van der Waals surface area contributed by atoms with Crippen molar-refractivity contribution in [2.45, 2.75) is 0 Å². The molecule has 0 bridgehead atoms. The zero-order chi connectivity index (χ0) is 19.3. The zero-order valence-electron chi connectivity index (χ0n) is 16.2. The van der Waals surface area contributed by atoms with Gasteiger partial charge in [-0.3, -0.25) is 4.98 Å². The first-order valence-electron chi connectivity index (χ1n) is 9.40. The first kappa shape index (κ1) is 18.3. The minimum atomic E-state index is 0.820. The number of aromatic nitrogens is 2. The van der Waals surface area contributed by atoms with Gasteiger partial charge in [0, 0.05) is 37.3 Å². The normalized spacial score (nSPS) is 14.0. The van der Waals surface area contributed by atoms with E-state index in [1.165, 1.54) is 0 Å². The van der Waals surface area contributed by atoms with Gasteiger partial charge < -0.3 is 19.7 Å². The van der Waals surface area contributed by atoms with E-state index in [-0.39, 0.29) is 0 Å². The number of benzene rings is 2. The number of methoxy groups -OCH3 is 2. The Morgan fingerprint density at radius 1 is 0.786 bits per heavy atom. The molecule has 1 N–H and O–H groups in total. The van der Waals surface area contributed by atoms with E-state index in [0.29, 0.717) is 0 Å². The third-order valence-corrected chi connectivity index (χ3v) is 4.93. The van der Waals surface area contributed by atoms with Crippen molar-refractivity contribution in [1.82, 2.24) is 15.3 Å². The summed E-state index contributed by atoms with van der Waals surface area (Å²) in [4.78, 5) is 12.1. The largest absolute Gasteiger partial charge is 0.497 e. The number of ether oxygens (including phenoxy) is 2. The number of rotatable bonds is 5. The second-order valence-electron chi connectivity index (χ2n) is 6.62. The highest BCUT2D eigenvalue weighted by Crippen LogP contribution is 2.32. The summed E-state index contributed by atoms with van der Waals surface area (Å²) >= 11 is 0. The topological polar surface area (TPSA) is 59.5 Å². The Kier molecular flexibility index (Phi) is 5.39. The van der Waals surface area contributed by atoms with E-state index < -0.39 is 0 Å². The Morgan fingerprint density at radius 3 is 1.86 bits per heavy atom. The molecule has 0 aliphatic carbocycles. The van der Waals surface area contributed by atoms with E-state index in [2.05, 4.69) is 10.2 Å². The van der Waals surface area contributed by atoms with Crippen LogP contribution in [0.1, 0.15) is 0 Å². The SMILES string of the molecule is COc1ccc(-c2ncc(N3CCNCC3)nc2-c2ccc(OC)cc2)cc1. The van der Waals surface area contributed by atoms with Crippen molar-refractivity contribution >= 4 is 5.82 Å². The molecule has 1 saturated heterocycles. The minimum Gasteiger partial charge on any atom is -0.497 e. The molecule has 2 aromatic carbocycles. The van der Waals surface area contributed by atoms with Gasteiger partial charge in [0.05, 0.1) is 31.8 Å². The van der Waals surface area contributed by atoms with Crippen molar-refractivity contribution in [3.8, 4) is 34.0 Å². The lowest BCUT2D eigenvalue weighted by Crippen LogP contribution is -2.44. The van der Waals surface area contributed by atoms with Gasteiger partial charge in [0.1, 0.15) is 17.3 Å². The smallest absolute Gasteiger partial charge is 0.147 e. The quantitative estimate of drug-likeness (QED) is 0.738. The van der Waals surface area contributed by atoms with E-state index in [4.69, 9.17) is 19.4 Å². The Hall–Kier alpha value is -3.12. The molecule has 4 rings (SSSR count). The third-order valence-electron chi connectivity index (χ3n) is 4.93. The van der Waals surface area contributed by atoms with Crippen LogP contribution < -0.4 is 19.7 Å². The van der Waals surface area contributed by atoms with Crippen molar-refractivity contribution < 1.29 is 9.47 Å². The predicted octanol–water partition coefficient (Wildman–Crippen LogP) is 3.24. The molecule has 28 heavy (non-hydrogen) atoms. The summed E-state index contributed by atoms with van der Waals surface area (Å²) < 4.78 is 10.6. The van der Waals surface area contributed by atoms with Crippen LogP contribution in [0.25, 0.3) is 22.5 Å². The molecule has 1 aliphatic rings. The van der Waals surface area contributed by atoms with Crippen molar-refractivity contribution in [2.75, 3.05) is 45.3 Å². The van der Waals surface area contributed by atoms with Crippen molar-refractivity contribution in [3.63, 3.8) is 0 Å². The molecule has 1 aliphatic heterocycles. The molecule has 6 nitrogen and oxygen atoms in total. The van der Waals surface area contributed by atoms with Gasteiger partial charge in [0.2, 0.25) is 0 Å². The first-order chi connectivity index (χ1) is 13.8. The zero-order valence-corrected chi connectivity index (χ0v) is 16.2. The molecular weight excluding hydrogens is 352 g/mol. The maximum atomic E-state index is 5.30. The van der Waals surface area contributed by atoms with E-state index in [0.717, 1.165) is 66.0 Å². The Balaban J connectivity index is 1.78.